The van der Waals surface area contributed by atoms with Crippen molar-refractivity contribution in [3.8, 4) is 0 Å². The van der Waals surface area contributed by atoms with Gasteiger partial charge in [-0.05, 0) is 6.42 Å². The van der Waals surface area contributed by atoms with Crippen LogP contribution in [0.3, 0.4) is 0 Å². The Labute approximate surface area is 91.5 Å². The second kappa shape index (κ2) is 6.79. The molecule has 15 heavy (non-hydrogen) atoms. The fourth-order valence-electron chi connectivity index (χ4n) is 1.18. The summed E-state index contributed by atoms with van der Waals surface area (Å²) in [7, 11) is -3.24. The summed E-state index contributed by atoms with van der Waals surface area (Å²) in [5, 5.41) is 0. The zero-order valence-electron chi connectivity index (χ0n) is 9.40. The number of amides is 1. The zero-order valence-corrected chi connectivity index (χ0v) is 10.2. The van der Waals surface area contributed by atoms with E-state index in [1.54, 1.807) is 0 Å². The lowest BCUT2D eigenvalue weighted by atomic mass is 10.3. The molecule has 0 saturated carbocycles. The Hall–Kier alpha value is -0.620. The van der Waals surface area contributed by atoms with E-state index >= 15 is 0 Å². The summed E-state index contributed by atoms with van der Waals surface area (Å²) in [4.78, 5) is 13.1. The molecule has 6 heteroatoms. The van der Waals surface area contributed by atoms with Gasteiger partial charge in [0.05, 0.1) is 0 Å². The van der Waals surface area contributed by atoms with Crippen molar-refractivity contribution in [2.75, 3.05) is 31.6 Å². The predicted octanol–water partition coefficient (Wildman–Crippen LogP) is -0.382. The van der Waals surface area contributed by atoms with E-state index in [1.807, 2.05) is 6.92 Å². The average Bonchev–Trinajstić information content (AvgIpc) is 2.09. The third-order valence-electron chi connectivity index (χ3n) is 1.92. The molecule has 0 aromatic carbocycles. The summed E-state index contributed by atoms with van der Waals surface area (Å²) in [6, 6.07) is 0. The molecule has 0 unspecified atom stereocenters. The molecule has 90 valence electrons. The van der Waals surface area contributed by atoms with E-state index in [9.17, 15) is 13.2 Å². The van der Waals surface area contributed by atoms with Gasteiger partial charge < -0.3 is 10.6 Å². The van der Waals surface area contributed by atoms with Gasteiger partial charge >= 0.3 is 0 Å². The van der Waals surface area contributed by atoms with Gasteiger partial charge in [0.1, 0.15) is 5.75 Å². The van der Waals surface area contributed by atoms with Crippen LogP contribution in [0, 0.1) is 0 Å². The minimum Gasteiger partial charge on any atom is -0.341 e. The highest BCUT2D eigenvalue weighted by molar-refractivity contribution is 7.91. The van der Waals surface area contributed by atoms with E-state index in [0.29, 0.717) is 19.6 Å². The van der Waals surface area contributed by atoms with Crippen LogP contribution < -0.4 is 5.73 Å². The molecule has 0 saturated heterocycles. The molecular weight excluding hydrogens is 216 g/mol. The van der Waals surface area contributed by atoms with E-state index in [0.717, 1.165) is 19.1 Å². The summed E-state index contributed by atoms with van der Waals surface area (Å²) in [5.74, 6) is -0.770. The maximum Gasteiger partial charge on any atom is 0.237 e. The SMILES string of the molecule is CCCCN(CCN)C(=O)CS(C)(=O)=O. The zero-order chi connectivity index (χ0) is 11.9. The van der Waals surface area contributed by atoms with Crippen molar-refractivity contribution < 1.29 is 13.2 Å². The molecule has 0 spiro atoms. The number of nitrogens with two attached hydrogens (primary N) is 1. The van der Waals surface area contributed by atoms with Crippen molar-refractivity contribution in [3.05, 3.63) is 0 Å². The number of carbonyl (C=O) groups excluding carboxylic acids is 1. The number of carbonyl (C=O) groups is 1. The van der Waals surface area contributed by atoms with E-state index in [-0.39, 0.29) is 5.91 Å². The molecule has 0 atom stereocenters. The highest BCUT2D eigenvalue weighted by Gasteiger charge is 2.17. The lowest BCUT2D eigenvalue weighted by Crippen LogP contribution is -2.39. The molecule has 0 aliphatic carbocycles. The number of sulfone groups is 1. The van der Waals surface area contributed by atoms with Gasteiger partial charge in [0, 0.05) is 25.9 Å². The summed E-state index contributed by atoms with van der Waals surface area (Å²) < 4.78 is 21.9. The molecule has 0 rings (SSSR count). The first-order valence-electron chi connectivity index (χ1n) is 5.06. The van der Waals surface area contributed by atoms with Gasteiger partial charge in [-0.1, -0.05) is 13.3 Å². The lowest BCUT2D eigenvalue weighted by molar-refractivity contribution is -0.128. The number of hydrogen-bond acceptors (Lipinski definition) is 4. The monoisotopic (exact) mass is 236 g/mol. The molecule has 0 aromatic rings. The first kappa shape index (κ1) is 14.4. The van der Waals surface area contributed by atoms with Gasteiger partial charge in [-0.25, -0.2) is 8.42 Å². The van der Waals surface area contributed by atoms with Crippen molar-refractivity contribution in [2.24, 2.45) is 5.73 Å². The minimum atomic E-state index is -3.24. The standard InChI is InChI=1S/C9H20N2O3S/c1-3-4-6-11(7-5-10)9(12)8-15(2,13)14/h3-8,10H2,1-2H3. The Morgan fingerprint density at radius 2 is 1.93 bits per heavy atom. The molecule has 0 bridgehead atoms. The van der Waals surface area contributed by atoms with Gasteiger partial charge in [0.2, 0.25) is 5.91 Å². The summed E-state index contributed by atoms with van der Waals surface area (Å²) in [5.41, 5.74) is 5.36. The van der Waals surface area contributed by atoms with Crippen LogP contribution in [0.15, 0.2) is 0 Å². The topological polar surface area (TPSA) is 80.5 Å². The largest absolute Gasteiger partial charge is 0.341 e. The second-order valence-corrected chi connectivity index (χ2v) is 5.73. The quantitative estimate of drug-likeness (QED) is 0.653. The first-order valence-corrected chi connectivity index (χ1v) is 7.12. The van der Waals surface area contributed by atoms with Crippen LogP contribution in [-0.2, 0) is 14.6 Å². The summed E-state index contributed by atoms with van der Waals surface area (Å²) in [6.07, 6.45) is 2.90. The normalized spacial score (nSPS) is 11.4. The van der Waals surface area contributed by atoms with Crippen molar-refractivity contribution in [1.29, 1.82) is 0 Å². The van der Waals surface area contributed by atoms with Crippen molar-refractivity contribution in [1.82, 2.24) is 4.90 Å². The van der Waals surface area contributed by atoms with Gasteiger partial charge in [-0.15, -0.1) is 0 Å². The molecule has 5 nitrogen and oxygen atoms in total. The van der Waals surface area contributed by atoms with Crippen LogP contribution in [0.4, 0.5) is 0 Å². The molecule has 0 fully saturated rings. The highest BCUT2D eigenvalue weighted by atomic mass is 32.2. The van der Waals surface area contributed by atoms with Crippen molar-refractivity contribution >= 4 is 15.7 Å². The number of hydrogen-bond donors (Lipinski definition) is 1. The van der Waals surface area contributed by atoms with Gasteiger partial charge in [-0.2, -0.15) is 0 Å². The number of rotatable bonds is 7. The third-order valence-corrected chi connectivity index (χ3v) is 2.69. The Bertz CT molecular complexity index is 288. The molecule has 0 aliphatic heterocycles. The Kier molecular flexibility index (Phi) is 6.51. The highest BCUT2D eigenvalue weighted by Crippen LogP contribution is 1.97. The Morgan fingerprint density at radius 1 is 1.33 bits per heavy atom. The van der Waals surface area contributed by atoms with E-state index < -0.39 is 15.6 Å². The van der Waals surface area contributed by atoms with Crippen LogP contribution in [-0.4, -0.2) is 50.9 Å². The minimum absolute atomic E-state index is 0.351. The summed E-state index contributed by atoms with van der Waals surface area (Å²) >= 11 is 0. The maximum absolute atomic E-state index is 11.5. The molecular formula is C9H20N2O3S. The van der Waals surface area contributed by atoms with Crippen molar-refractivity contribution in [2.45, 2.75) is 19.8 Å². The van der Waals surface area contributed by atoms with Gasteiger partial charge in [-0.3, -0.25) is 4.79 Å². The van der Waals surface area contributed by atoms with Crippen LogP contribution in [0.5, 0.6) is 0 Å². The molecule has 0 radical (unpaired) electrons. The van der Waals surface area contributed by atoms with Crippen LogP contribution in [0.1, 0.15) is 19.8 Å². The fraction of sp³-hybridized carbons (Fsp3) is 0.889. The molecule has 0 aromatic heterocycles. The maximum atomic E-state index is 11.5. The number of nitrogens with zero attached hydrogens (tertiary/aromatic N) is 1. The number of unbranched alkanes of at least 4 members (excludes halogenated alkanes) is 1. The van der Waals surface area contributed by atoms with Crippen LogP contribution >= 0.6 is 0 Å². The second-order valence-electron chi connectivity index (χ2n) is 3.59. The summed E-state index contributed by atoms with van der Waals surface area (Å²) in [6.45, 7) is 3.39. The lowest BCUT2D eigenvalue weighted by Gasteiger charge is -2.21. The van der Waals surface area contributed by atoms with E-state index in [2.05, 4.69) is 0 Å². The van der Waals surface area contributed by atoms with E-state index in [1.165, 1.54) is 4.90 Å². The average molecular weight is 236 g/mol. The molecule has 0 heterocycles. The third kappa shape index (κ3) is 7.33. The Balaban J connectivity index is 4.28. The molecule has 1 amide bonds. The van der Waals surface area contributed by atoms with E-state index in [4.69, 9.17) is 5.73 Å². The van der Waals surface area contributed by atoms with Gasteiger partial charge in [0.15, 0.2) is 9.84 Å². The van der Waals surface area contributed by atoms with Crippen LogP contribution in [0.25, 0.3) is 0 Å². The first-order chi connectivity index (χ1) is 6.90. The Morgan fingerprint density at radius 3 is 2.33 bits per heavy atom. The predicted molar refractivity (Wildman–Crippen MR) is 60.3 cm³/mol. The molecule has 0 aliphatic rings. The molecule has 2 N–H and O–H groups in total. The van der Waals surface area contributed by atoms with Crippen molar-refractivity contribution in [3.63, 3.8) is 0 Å². The van der Waals surface area contributed by atoms with Gasteiger partial charge in [0.25, 0.3) is 0 Å². The van der Waals surface area contributed by atoms with Crippen LogP contribution in [0.2, 0.25) is 0 Å². The smallest absolute Gasteiger partial charge is 0.237 e. The fourth-order valence-corrected chi connectivity index (χ4v) is 1.81.